The van der Waals surface area contributed by atoms with Crippen LogP contribution in [0.1, 0.15) is 0 Å². The highest BCUT2D eigenvalue weighted by Gasteiger charge is 2.04. The molecule has 2 N–H and O–H groups in total. The molecule has 0 aliphatic heterocycles. The lowest BCUT2D eigenvalue weighted by Crippen LogP contribution is -2.18. The standard InChI is InChI=1S/C6H8N2O4S/c1-11-6-3-2-5(4-8-6)12-13(7,9)10/h2-4H,1H3,(H2,7,9,10). The van der Waals surface area contributed by atoms with Crippen LogP contribution in [0.3, 0.4) is 0 Å². The molecule has 0 bridgehead atoms. The molecule has 0 unspecified atom stereocenters. The van der Waals surface area contributed by atoms with Gasteiger partial charge in [0.1, 0.15) is 0 Å². The fourth-order valence-electron chi connectivity index (χ4n) is 0.671. The molecule has 0 aromatic carbocycles. The number of aromatic nitrogens is 1. The van der Waals surface area contributed by atoms with E-state index >= 15 is 0 Å². The summed E-state index contributed by atoms with van der Waals surface area (Å²) in [4.78, 5) is 3.71. The van der Waals surface area contributed by atoms with E-state index in [1.165, 1.54) is 25.4 Å². The van der Waals surface area contributed by atoms with Gasteiger partial charge in [-0.3, -0.25) is 0 Å². The third-order valence-electron chi connectivity index (χ3n) is 1.13. The second-order valence-electron chi connectivity index (χ2n) is 2.11. The third-order valence-corrected chi connectivity index (χ3v) is 1.56. The Morgan fingerprint density at radius 2 is 2.15 bits per heavy atom. The maximum atomic E-state index is 10.5. The van der Waals surface area contributed by atoms with Crippen LogP contribution in [0, 0.1) is 0 Å². The van der Waals surface area contributed by atoms with Crippen molar-refractivity contribution in [3.05, 3.63) is 18.3 Å². The average Bonchev–Trinajstić information content (AvgIpc) is 2.03. The Morgan fingerprint density at radius 3 is 2.54 bits per heavy atom. The Kier molecular flexibility index (Phi) is 2.69. The van der Waals surface area contributed by atoms with E-state index in [9.17, 15) is 8.42 Å². The normalized spacial score (nSPS) is 10.9. The molecule has 6 nitrogen and oxygen atoms in total. The van der Waals surface area contributed by atoms with Crippen molar-refractivity contribution in [3.63, 3.8) is 0 Å². The Morgan fingerprint density at radius 1 is 1.46 bits per heavy atom. The van der Waals surface area contributed by atoms with Gasteiger partial charge in [-0.15, -0.1) is 0 Å². The first-order valence-corrected chi connectivity index (χ1v) is 4.70. The zero-order valence-electron chi connectivity index (χ0n) is 6.80. The fourth-order valence-corrected chi connectivity index (χ4v) is 1.04. The van der Waals surface area contributed by atoms with E-state index in [0.717, 1.165) is 0 Å². The summed E-state index contributed by atoms with van der Waals surface area (Å²) in [6.07, 6.45) is 1.20. The van der Waals surface area contributed by atoms with Crippen LogP contribution < -0.4 is 14.1 Å². The molecule has 0 saturated heterocycles. The lowest BCUT2D eigenvalue weighted by atomic mass is 10.4. The molecule has 1 aromatic rings. The van der Waals surface area contributed by atoms with E-state index in [4.69, 9.17) is 4.74 Å². The zero-order chi connectivity index (χ0) is 9.90. The van der Waals surface area contributed by atoms with Crippen molar-refractivity contribution in [2.75, 3.05) is 7.11 Å². The molecule has 0 aliphatic rings. The summed E-state index contributed by atoms with van der Waals surface area (Å²) in [6.45, 7) is 0. The molecule has 1 aromatic heterocycles. The Bertz CT molecular complexity index is 372. The number of pyridine rings is 1. The molecule has 0 radical (unpaired) electrons. The topological polar surface area (TPSA) is 91.5 Å². The maximum absolute atomic E-state index is 10.5. The molecular weight excluding hydrogens is 196 g/mol. The second-order valence-corrected chi connectivity index (χ2v) is 3.26. The van der Waals surface area contributed by atoms with Crippen molar-refractivity contribution in [2.24, 2.45) is 5.14 Å². The van der Waals surface area contributed by atoms with Crippen molar-refractivity contribution < 1.29 is 17.3 Å². The lowest BCUT2D eigenvalue weighted by molar-refractivity contribution is 0.396. The fraction of sp³-hybridized carbons (Fsp3) is 0.167. The van der Waals surface area contributed by atoms with Gasteiger partial charge in [-0.25, -0.2) is 4.98 Å². The molecule has 1 rings (SSSR count). The van der Waals surface area contributed by atoms with E-state index in [1.54, 1.807) is 0 Å². The van der Waals surface area contributed by atoms with Crippen LogP contribution in [0.2, 0.25) is 0 Å². The van der Waals surface area contributed by atoms with Crippen LogP contribution in [-0.4, -0.2) is 20.5 Å². The lowest BCUT2D eigenvalue weighted by Gasteiger charge is -2.02. The second kappa shape index (κ2) is 3.58. The molecule has 0 atom stereocenters. The molecule has 1 heterocycles. The van der Waals surface area contributed by atoms with E-state index in [-0.39, 0.29) is 5.75 Å². The first-order chi connectivity index (χ1) is 6.01. The smallest absolute Gasteiger partial charge is 0.380 e. The van der Waals surface area contributed by atoms with Gasteiger partial charge in [0.2, 0.25) is 5.88 Å². The van der Waals surface area contributed by atoms with Crippen molar-refractivity contribution in [2.45, 2.75) is 0 Å². The van der Waals surface area contributed by atoms with E-state index < -0.39 is 10.3 Å². The molecule has 72 valence electrons. The molecule has 7 heteroatoms. The first-order valence-electron chi connectivity index (χ1n) is 3.23. The average molecular weight is 204 g/mol. The molecule has 0 aliphatic carbocycles. The summed E-state index contributed by atoms with van der Waals surface area (Å²) in [7, 11) is -2.53. The van der Waals surface area contributed by atoms with Gasteiger partial charge in [-0.2, -0.15) is 13.6 Å². The minimum Gasteiger partial charge on any atom is -0.481 e. The molecular formula is C6H8N2O4S. The highest BCUT2D eigenvalue weighted by molar-refractivity contribution is 7.84. The van der Waals surface area contributed by atoms with Crippen LogP contribution in [0.4, 0.5) is 0 Å². The van der Waals surface area contributed by atoms with Gasteiger partial charge in [0.25, 0.3) is 0 Å². The number of hydrogen-bond donors (Lipinski definition) is 1. The number of hydrogen-bond acceptors (Lipinski definition) is 5. The van der Waals surface area contributed by atoms with Crippen LogP contribution in [0.5, 0.6) is 11.6 Å². The molecule has 13 heavy (non-hydrogen) atoms. The maximum Gasteiger partial charge on any atom is 0.380 e. The number of rotatable bonds is 3. The van der Waals surface area contributed by atoms with Crippen molar-refractivity contribution in [1.82, 2.24) is 4.98 Å². The highest BCUT2D eigenvalue weighted by atomic mass is 32.2. The van der Waals surface area contributed by atoms with Crippen molar-refractivity contribution in [3.8, 4) is 11.6 Å². The molecule has 0 spiro atoms. The Hall–Kier alpha value is -1.34. The van der Waals surface area contributed by atoms with Gasteiger partial charge in [0.05, 0.1) is 13.3 Å². The van der Waals surface area contributed by atoms with Crippen molar-refractivity contribution >= 4 is 10.3 Å². The predicted molar refractivity (Wildman–Crippen MR) is 44.5 cm³/mol. The number of nitrogens with zero attached hydrogens (tertiary/aromatic N) is 1. The largest absolute Gasteiger partial charge is 0.481 e. The third kappa shape index (κ3) is 3.26. The predicted octanol–water partition coefficient (Wildman–Crippen LogP) is -0.328. The zero-order valence-corrected chi connectivity index (χ0v) is 7.61. The monoisotopic (exact) mass is 204 g/mol. The molecule has 0 saturated carbocycles. The van der Waals surface area contributed by atoms with E-state index in [0.29, 0.717) is 5.88 Å². The van der Waals surface area contributed by atoms with E-state index in [2.05, 4.69) is 14.3 Å². The summed E-state index contributed by atoms with van der Waals surface area (Å²) < 4.78 is 30.0. The highest BCUT2D eigenvalue weighted by Crippen LogP contribution is 2.13. The van der Waals surface area contributed by atoms with Gasteiger partial charge in [-0.05, 0) is 6.07 Å². The van der Waals surface area contributed by atoms with Gasteiger partial charge in [-0.1, -0.05) is 0 Å². The summed E-state index contributed by atoms with van der Waals surface area (Å²) in [6, 6.07) is 2.84. The molecule has 0 fully saturated rings. The van der Waals surface area contributed by atoms with Gasteiger partial charge in [0.15, 0.2) is 5.75 Å². The van der Waals surface area contributed by atoms with Crippen LogP contribution >= 0.6 is 0 Å². The van der Waals surface area contributed by atoms with E-state index in [1.807, 2.05) is 0 Å². The van der Waals surface area contributed by atoms with Gasteiger partial charge in [0, 0.05) is 6.07 Å². The summed E-state index contributed by atoms with van der Waals surface area (Å²) in [5.74, 6) is 0.407. The summed E-state index contributed by atoms with van der Waals surface area (Å²) >= 11 is 0. The van der Waals surface area contributed by atoms with Crippen LogP contribution in [0.15, 0.2) is 18.3 Å². The number of ether oxygens (including phenoxy) is 1. The number of nitrogens with two attached hydrogens (primary N) is 1. The summed E-state index contributed by atoms with van der Waals surface area (Å²) in [5, 5.41) is 4.63. The first kappa shape index (κ1) is 9.75. The minimum absolute atomic E-state index is 0.0447. The van der Waals surface area contributed by atoms with Crippen molar-refractivity contribution in [1.29, 1.82) is 0 Å². The van der Waals surface area contributed by atoms with Crippen LogP contribution in [0.25, 0.3) is 0 Å². The Labute approximate surface area is 75.6 Å². The van der Waals surface area contributed by atoms with Gasteiger partial charge >= 0.3 is 10.3 Å². The quantitative estimate of drug-likeness (QED) is 0.728. The number of methoxy groups -OCH3 is 1. The summed E-state index contributed by atoms with van der Waals surface area (Å²) in [5.41, 5.74) is 0. The van der Waals surface area contributed by atoms with Crippen LogP contribution in [-0.2, 0) is 10.3 Å². The SMILES string of the molecule is COc1ccc(OS(N)(=O)=O)cn1. The molecule has 0 amide bonds. The Balaban J connectivity index is 2.81. The minimum atomic E-state index is -3.98. The van der Waals surface area contributed by atoms with Gasteiger partial charge < -0.3 is 8.92 Å².